The molecule has 28 heavy (non-hydrogen) atoms. The van der Waals surface area contributed by atoms with Gasteiger partial charge in [-0.05, 0) is 11.8 Å². The third-order valence-corrected chi connectivity index (χ3v) is 3.79. The Morgan fingerprint density at radius 1 is 0.714 bits per heavy atom. The number of esters is 2. The molecule has 2 amide bonds. The average molecular weight is 402 g/mol. The van der Waals surface area contributed by atoms with E-state index in [0.29, 0.717) is 0 Å². The summed E-state index contributed by atoms with van der Waals surface area (Å²) < 4.78 is 10.2. The van der Waals surface area contributed by atoms with Crippen LogP contribution in [-0.4, -0.2) is 62.1 Å². The van der Waals surface area contributed by atoms with Crippen molar-refractivity contribution in [1.82, 2.24) is 10.6 Å². The van der Waals surface area contributed by atoms with Gasteiger partial charge in [0.1, 0.15) is 25.3 Å². The third kappa shape index (κ3) is 10.2. The number of amides is 2. The number of hydrogen-bond acceptors (Lipinski definition) is 8. The van der Waals surface area contributed by atoms with Gasteiger partial charge in [0.25, 0.3) is 0 Å². The Morgan fingerprint density at radius 3 is 1.29 bits per heavy atom. The molecule has 0 aromatic carbocycles. The molecule has 0 aromatic rings. The number of ether oxygens (including phenoxy) is 2. The van der Waals surface area contributed by atoms with E-state index in [4.69, 9.17) is 20.9 Å². The summed E-state index contributed by atoms with van der Waals surface area (Å²) in [5.41, 5.74) is 10.6. The van der Waals surface area contributed by atoms with Crippen molar-refractivity contribution < 1.29 is 28.7 Å². The number of nitrogens with one attached hydrogen (secondary N) is 2. The topological polar surface area (TPSA) is 163 Å². The predicted molar refractivity (Wildman–Crippen MR) is 103 cm³/mol. The molecule has 10 heteroatoms. The van der Waals surface area contributed by atoms with E-state index >= 15 is 0 Å². The molecule has 0 fully saturated rings. The van der Waals surface area contributed by atoms with Gasteiger partial charge >= 0.3 is 11.9 Å². The largest absolute Gasteiger partial charge is 0.461 e. The summed E-state index contributed by atoms with van der Waals surface area (Å²) in [6.07, 6.45) is 0.223. The van der Waals surface area contributed by atoms with E-state index in [1.807, 2.05) is 0 Å². The molecule has 0 aromatic heterocycles. The maximum Gasteiger partial charge on any atom is 0.329 e. The molecule has 0 radical (unpaired) electrons. The summed E-state index contributed by atoms with van der Waals surface area (Å²) in [7, 11) is 0. The molecule has 6 N–H and O–H groups in total. The summed E-state index contributed by atoms with van der Waals surface area (Å²) in [6.45, 7) is 7.11. The zero-order valence-corrected chi connectivity index (χ0v) is 17.2. The Labute approximate surface area is 166 Å². The lowest BCUT2D eigenvalue weighted by Gasteiger charge is -2.22. The van der Waals surface area contributed by atoms with Crippen LogP contribution in [0, 0.1) is 11.8 Å². The molecule has 0 rings (SSSR count). The lowest BCUT2D eigenvalue weighted by Crippen LogP contribution is -2.46. The highest BCUT2D eigenvalue weighted by Gasteiger charge is 2.27. The molecule has 0 aliphatic rings. The summed E-state index contributed by atoms with van der Waals surface area (Å²) in [5.74, 6) is -2.27. The van der Waals surface area contributed by atoms with E-state index in [0.717, 1.165) is 0 Å². The molecular formula is C18H34N4O6. The first-order valence-electron chi connectivity index (χ1n) is 9.46. The van der Waals surface area contributed by atoms with Gasteiger partial charge in [-0.1, -0.05) is 27.7 Å². The molecular weight excluding hydrogens is 368 g/mol. The molecule has 0 spiro atoms. The van der Waals surface area contributed by atoms with Crippen LogP contribution in [0.15, 0.2) is 0 Å². The van der Waals surface area contributed by atoms with Gasteiger partial charge in [-0.2, -0.15) is 0 Å². The second kappa shape index (κ2) is 13.9. The number of carbonyl (C=O) groups is 4. The molecule has 2 unspecified atom stereocenters. The summed E-state index contributed by atoms with van der Waals surface area (Å²) in [6, 6.07) is -1.62. The zero-order valence-electron chi connectivity index (χ0n) is 17.2. The molecule has 0 heterocycles. The minimum Gasteiger partial charge on any atom is -0.461 e. The van der Waals surface area contributed by atoms with E-state index in [1.165, 1.54) is 0 Å². The van der Waals surface area contributed by atoms with Crippen LogP contribution in [0.1, 0.15) is 40.5 Å². The van der Waals surface area contributed by atoms with Crippen LogP contribution in [0.5, 0.6) is 0 Å². The summed E-state index contributed by atoms with van der Waals surface area (Å²) >= 11 is 0. The Kier molecular flexibility index (Phi) is 12.8. The lowest BCUT2D eigenvalue weighted by molar-refractivity contribution is -0.157. The van der Waals surface area contributed by atoms with E-state index < -0.39 is 24.0 Å². The van der Waals surface area contributed by atoms with Gasteiger partial charge in [-0.25, -0.2) is 9.59 Å². The Hall–Kier alpha value is -2.20. The number of hydrogen-bond donors (Lipinski definition) is 4. The van der Waals surface area contributed by atoms with Crippen molar-refractivity contribution in [1.29, 1.82) is 0 Å². The zero-order chi connectivity index (χ0) is 21.7. The Bertz CT molecular complexity index is 478. The molecule has 2 atom stereocenters. The van der Waals surface area contributed by atoms with Gasteiger partial charge in [0.15, 0.2) is 0 Å². The van der Waals surface area contributed by atoms with Crippen LogP contribution in [0.25, 0.3) is 0 Å². The van der Waals surface area contributed by atoms with Crippen LogP contribution in [-0.2, 0) is 28.7 Å². The van der Waals surface area contributed by atoms with Crippen LogP contribution < -0.4 is 22.1 Å². The van der Waals surface area contributed by atoms with E-state index in [2.05, 4.69) is 10.6 Å². The minimum atomic E-state index is -0.811. The van der Waals surface area contributed by atoms with E-state index in [-0.39, 0.29) is 62.8 Å². The third-order valence-electron chi connectivity index (χ3n) is 3.79. The maximum atomic E-state index is 12.2. The standard InChI is InChI=1S/C18H34N4O6/c1-11(2)15(21-13(23)5-7-19)17(25)27-9-10-28-18(26)16(12(3)4)22-14(24)6-8-20/h11-12,15-16H,5-10,19-20H2,1-4H3,(H,21,23)(H,22,24). The van der Waals surface area contributed by atoms with Gasteiger partial charge in [0, 0.05) is 25.9 Å². The minimum absolute atomic E-state index is 0.112. The number of rotatable bonds is 13. The number of carbonyl (C=O) groups excluding carboxylic acids is 4. The van der Waals surface area contributed by atoms with Crippen molar-refractivity contribution in [3.8, 4) is 0 Å². The lowest BCUT2D eigenvalue weighted by atomic mass is 10.0. The van der Waals surface area contributed by atoms with Crippen LogP contribution in [0.4, 0.5) is 0 Å². The monoisotopic (exact) mass is 402 g/mol. The first kappa shape index (κ1) is 25.8. The van der Waals surface area contributed by atoms with E-state index in [1.54, 1.807) is 27.7 Å². The average Bonchev–Trinajstić information content (AvgIpc) is 2.60. The smallest absolute Gasteiger partial charge is 0.329 e. The highest BCUT2D eigenvalue weighted by atomic mass is 16.6. The Morgan fingerprint density at radius 2 is 1.04 bits per heavy atom. The molecule has 0 bridgehead atoms. The molecule has 0 aliphatic heterocycles. The van der Waals surface area contributed by atoms with Gasteiger partial charge < -0.3 is 31.6 Å². The second-order valence-corrected chi connectivity index (χ2v) is 6.99. The van der Waals surface area contributed by atoms with Crippen LogP contribution in [0.3, 0.4) is 0 Å². The van der Waals surface area contributed by atoms with Gasteiger partial charge in [0.2, 0.25) is 11.8 Å². The molecule has 0 saturated carbocycles. The van der Waals surface area contributed by atoms with E-state index in [9.17, 15) is 19.2 Å². The summed E-state index contributed by atoms with van der Waals surface area (Å²) in [4.78, 5) is 47.6. The van der Waals surface area contributed by atoms with Crippen molar-refractivity contribution in [2.24, 2.45) is 23.3 Å². The molecule has 162 valence electrons. The van der Waals surface area contributed by atoms with Crippen molar-refractivity contribution in [3.63, 3.8) is 0 Å². The first-order valence-corrected chi connectivity index (χ1v) is 9.46. The normalized spacial score (nSPS) is 13.0. The van der Waals surface area contributed by atoms with Gasteiger partial charge in [-0.15, -0.1) is 0 Å². The molecule has 10 nitrogen and oxygen atoms in total. The number of nitrogens with two attached hydrogens (primary N) is 2. The first-order chi connectivity index (χ1) is 13.1. The van der Waals surface area contributed by atoms with Crippen molar-refractivity contribution >= 4 is 23.8 Å². The highest BCUT2D eigenvalue weighted by molar-refractivity contribution is 5.85. The highest BCUT2D eigenvalue weighted by Crippen LogP contribution is 2.06. The van der Waals surface area contributed by atoms with Gasteiger partial charge in [0.05, 0.1) is 0 Å². The molecule has 0 aliphatic carbocycles. The SMILES string of the molecule is CC(C)C(NC(=O)CCN)C(=O)OCCOC(=O)C(NC(=O)CCN)C(C)C. The fourth-order valence-corrected chi connectivity index (χ4v) is 2.21. The second-order valence-electron chi connectivity index (χ2n) is 6.99. The predicted octanol–water partition coefficient (Wildman–Crippen LogP) is -0.948. The fraction of sp³-hybridized carbons (Fsp3) is 0.778. The van der Waals surface area contributed by atoms with Crippen LogP contribution in [0.2, 0.25) is 0 Å². The van der Waals surface area contributed by atoms with Crippen molar-refractivity contribution in [2.45, 2.75) is 52.6 Å². The Balaban J connectivity index is 4.48. The van der Waals surface area contributed by atoms with Crippen molar-refractivity contribution in [2.75, 3.05) is 26.3 Å². The van der Waals surface area contributed by atoms with Crippen LogP contribution >= 0.6 is 0 Å². The molecule has 0 saturated heterocycles. The quantitative estimate of drug-likeness (QED) is 0.226. The maximum absolute atomic E-state index is 12.2. The fourth-order valence-electron chi connectivity index (χ4n) is 2.21. The summed E-state index contributed by atoms with van der Waals surface area (Å²) in [5, 5.41) is 5.15. The van der Waals surface area contributed by atoms with Gasteiger partial charge in [-0.3, -0.25) is 9.59 Å². The van der Waals surface area contributed by atoms with Crippen molar-refractivity contribution in [3.05, 3.63) is 0 Å².